The zero-order valence-electron chi connectivity index (χ0n) is 9.81. The van der Waals surface area contributed by atoms with Crippen molar-refractivity contribution in [2.75, 3.05) is 26.4 Å². The first-order valence-electron chi connectivity index (χ1n) is 5.46. The summed E-state index contributed by atoms with van der Waals surface area (Å²) in [7, 11) is 0. The molecule has 5 heteroatoms. The van der Waals surface area contributed by atoms with Crippen LogP contribution in [0.2, 0.25) is 0 Å². The Hall–Kier alpha value is -1.59. The summed E-state index contributed by atoms with van der Waals surface area (Å²) in [5.41, 5.74) is 5.41. The van der Waals surface area contributed by atoms with Gasteiger partial charge in [0.15, 0.2) is 5.78 Å². The van der Waals surface area contributed by atoms with Gasteiger partial charge in [-0.1, -0.05) is 6.07 Å². The van der Waals surface area contributed by atoms with Gasteiger partial charge in [-0.2, -0.15) is 0 Å². The summed E-state index contributed by atoms with van der Waals surface area (Å²) in [5.74, 6) is -0.135. The molecule has 0 saturated carbocycles. The Morgan fingerprint density at radius 3 is 2.82 bits per heavy atom. The average Bonchev–Trinajstić information content (AvgIpc) is 2.34. The van der Waals surface area contributed by atoms with E-state index in [0.29, 0.717) is 25.6 Å². The number of ether oxygens (including phenoxy) is 2. The summed E-state index contributed by atoms with van der Waals surface area (Å²) in [4.78, 5) is 11.5. The first-order valence-corrected chi connectivity index (χ1v) is 5.46. The normalized spacial score (nSPS) is 10.2. The van der Waals surface area contributed by atoms with Crippen molar-refractivity contribution >= 4 is 5.78 Å². The number of phenols is 1. The van der Waals surface area contributed by atoms with Gasteiger partial charge in [0.2, 0.25) is 0 Å². The summed E-state index contributed by atoms with van der Waals surface area (Å²) < 4.78 is 10.5. The molecule has 0 unspecified atom stereocenters. The van der Waals surface area contributed by atoms with Crippen LogP contribution in [0.1, 0.15) is 17.3 Å². The zero-order chi connectivity index (χ0) is 12.7. The van der Waals surface area contributed by atoms with Gasteiger partial charge in [0.1, 0.15) is 23.7 Å². The summed E-state index contributed by atoms with van der Waals surface area (Å²) in [6, 6.07) is 4.66. The molecule has 17 heavy (non-hydrogen) atoms. The average molecular weight is 239 g/mol. The van der Waals surface area contributed by atoms with Crippen LogP contribution in [0.5, 0.6) is 11.5 Å². The second kappa shape index (κ2) is 6.88. The van der Waals surface area contributed by atoms with Crippen LogP contribution < -0.4 is 10.5 Å². The summed E-state index contributed by atoms with van der Waals surface area (Å²) in [6.45, 7) is 3.08. The fraction of sp³-hybridized carbons (Fsp3) is 0.417. The van der Waals surface area contributed by atoms with Crippen LogP contribution in [-0.2, 0) is 4.74 Å². The number of hydrogen-bond acceptors (Lipinski definition) is 5. The maximum absolute atomic E-state index is 11.5. The third-order valence-electron chi connectivity index (χ3n) is 2.16. The molecule has 0 spiro atoms. The topological polar surface area (TPSA) is 81.8 Å². The van der Waals surface area contributed by atoms with Crippen LogP contribution in [-0.4, -0.2) is 37.3 Å². The number of aromatic hydroxyl groups is 1. The van der Waals surface area contributed by atoms with Crippen molar-refractivity contribution in [3.63, 3.8) is 0 Å². The van der Waals surface area contributed by atoms with Gasteiger partial charge in [0.25, 0.3) is 0 Å². The van der Waals surface area contributed by atoms with Gasteiger partial charge in [-0.25, -0.2) is 0 Å². The van der Waals surface area contributed by atoms with E-state index in [2.05, 4.69) is 0 Å². The van der Waals surface area contributed by atoms with E-state index >= 15 is 0 Å². The molecular formula is C12H17NO4. The molecule has 3 N–H and O–H groups in total. The molecule has 0 atom stereocenters. The molecule has 0 aliphatic rings. The fourth-order valence-corrected chi connectivity index (χ4v) is 1.38. The van der Waals surface area contributed by atoms with Crippen molar-refractivity contribution in [3.05, 3.63) is 23.8 Å². The lowest BCUT2D eigenvalue weighted by molar-refractivity contribution is 0.0976. The number of nitrogens with two attached hydrogens (primary N) is 1. The third kappa shape index (κ3) is 3.72. The lowest BCUT2D eigenvalue weighted by Crippen LogP contribution is -2.16. The fourth-order valence-electron chi connectivity index (χ4n) is 1.38. The molecule has 1 aromatic rings. The highest BCUT2D eigenvalue weighted by Gasteiger charge is 2.15. The van der Waals surface area contributed by atoms with Gasteiger partial charge in [0, 0.05) is 6.61 Å². The van der Waals surface area contributed by atoms with Crippen LogP contribution >= 0.6 is 0 Å². The van der Waals surface area contributed by atoms with Crippen LogP contribution in [0.15, 0.2) is 18.2 Å². The minimum atomic E-state index is -0.352. The summed E-state index contributed by atoms with van der Waals surface area (Å²) in [6.07, 6.45) is 0. The molecule has 0 bridgehead atoms. The van der Waals surface area contributed by atoms with E-state index in [1.54, 1.807) is 12.1 Å². The Kier molecular flexibility index (Phi) is 5.45. The Labute approximate surface area is 100 Å². The molecule has 0 aromatic heterocycles. The largest absolute Gasteiger partial charge is 0.507 e. The Balaban J connectivity index is 2.76. The lowest BCUT2D eigenvalue weighted by Gasteiger charge is -2.11. The molecule has 0 aliphatic heterocycles. The quantitative estimate of drug-likeness (QED) is 0.547. The molecule has 0 amide bonds. The molecule has 1 aromatic carbocycles. The van der Waals surface area contributed by atoms with E-state index in [1.165, 1.54) is 6.07 Å². The van der Waals surface area contributed by atoms with Crippen molar-refractivity contribution in [1.29, 1.82) is 0 Å². The van der Waals surface area contributed by atoms with Crippen LogP contribution in [0.4, 0.5) is 0 Å². The first kappa shape index (κ1) is 13.5. The number of benzene rings is 1. The molecule has 0 aliphatic carbocycles. The van der Waals surface area contributed by atoms with Crippen molar-refractivity contribution in [2.45, 2.75) is 6.92 Å². The van der Waals surface area contributed by atoms with Crippen molar-refractivity contribution in [3.8, 4) is 11.5 Å². The van der Waals surface area contributed by atoms with Gasteiger partial charge in [-0.05, 0) is 19.1 Å². The van der Waals surface area contributed by atoms with E-state index in [4.69, 9.17) is 15.2 Å². The van der Waals surface area contributed by atoms with E-state index < -0.39 is 0 Å². The molecule has 0 saturated heterocycles. The van der Waals surface area contributed by atoms with Crippen molar-refractivity contribution in [2.24, 2.45) is 5.73 Å². The predicted molar refractivity (Wildman–Crippen MR) is 63.5 cm³/mol. The third-order valence-corrected chi connectivity index (χ3v) is 2.16. The minimum Gasteiger partial charge on any atom is -0.507 e. The Morgan fingerprint density at radius 2 is 2.18 bits per heavy atom. The van der Waals surface area contributed by atoms with E-state index in [1.807, 2.05) is 6.92 Å². The number of ketones is 1. The summed E-state index contributed by atoms with van der Waals surface area (Å²) >= 11 is 0. The van der Waals surface area contributed by atoms with Crippen molar-refractivity contribution in [1.82, 2.24) is 0 Å². The molecular weight excluding hydrogens is 222 g/mol. The highest BCUT2D eigenvalue weighted by Crippen LogP contribution is 2.27. The van der Waals surface area contributed by atoms with Crippen LogP contribution in [0.25, 0.3) is 0 Å². The smallest absolute Gasteiger partial charge is 0.183 e. The van der Waals surface area contributed by atoms with Gasteiger partial charge in [0.05, 0.1) is 13.2 Å². The first-order chi connectivity index (χ1) is 8.20. The number of rotatable bonds is 7. The van der Waals surface area contributed by atoms with Gasteiger partial charge in [-0.3, -0.25) is 4.79 Å². The SMILES string of the molecule is CCOCCOc1cccc(O)c1C(=O)CN. The maximum atomic E-state index is 11.5. The number of carbonyl (C=O) groups is 1. The number of hydrogen-bond donors (Lipinski definition) is 2. The summed E-state index contributed by atoms with van der Waals surface area (Å²) in [5, 5.41) is 9.61. The molecule has 0 heterocycles. The predicted octanol–water partition coefficient (Wildman–Crippen LogP) is 0.949. The van der Waals surface area contributed by atoms with Gasteiger partial charge < -0.3 is 20.3 Å². The monoisotopic (exact) mass is 239 g/mol. The number of Topliss-reactive ketones (excluding diaryl/α,β-unsaturated/α-hetero) is 1. The van der Waals surface area contributed by atoms with Gasteiger partial charge >= 0.3 is 0 Å². The molecule has 5 nitrogen and oxygen atoms in total. The Bertz CT molecular complexity index is 379. The Morgan fingerprint density at radius 1 is 1.41 bits per heavy atom. The second-order valence-electron chi connectivity index (χ2n) is 3.32. The molecule has 0 fully saturated rings. The zero-order valence-corrected chi connectivity index (χ0v) is 9.81. The van der Waals surface area contributed by atoms with Crippen LogP contribution in [0.3, 0.4) is 0 Å². The molecule has 1 rings (SSSR count). The van der Waals surface area contributed by atoms with E-state index in [-0.39, 0.29) is 23.6 Å². The lowest BCUT2D eigenvalue weighted by atomic mass is 10.1. The number of phenolic OH excluding ortho intramolecular Hbond substituents is 1. The van der Waals surface area contributed by atoms with E-state index in [9.17, 15) is 9.90 Å². The minimum absolute atomic E-state index is 0.116. The highest BCUT2D eigenvalue weighted by molar-refractivity contribution is 6.02. The standard InChI is InChI=1S/C12H17NO4/c1-2-16-6-7-17-11-5-3-4-9(14)12(11)10(15)8-13/h3-5,14H,2,6-8,13H2,1H3. The molecule has 94 valence electrons. The van der Waals surface area contributed by atoms with Crippen molar-refractivity contribution < 1.29 is 19.4 Å². The van der Waals surface area contributed by atoms with E-state index in [0.717, 1.165) is 0 Å². The second-order valence-corrected chi connectivity index (χ2v) is 3.32. The number of carbonyl (C=O) groups excluding carboxylic acids is 1. The van der Waals surface area contributed by atoms with Gasteiger partial charge in [-0.15, -0.1) is 0 Å². The maximum Gasteiger partial charge on any atom is 0.183 e. The highest BCUT2D eigenvalue weighted by atomic mass is 16.5. The van der Waals surface area contributed by atoms with Crippen LogP contribution in [0, 0.1) is 0 Å². The molecule has 0 radical (unpaired) electrons.